The number of nitrogens with zero attached hydrogens (tertiary/aromatic N) is 1. The Morgan fingerprint density at radius 1 is 1.21 bits per heavy atom. The molecule has 0 radical (unpaired) electrons. The molecule has 0 aliphatic carbocycles. The molecule has 0 aliphatic rings. The van der Waals surface area contributed by atoms with E-state index in [1.54, 1.807) is 4.90 Å². The molecule has 0 bridgehead atoms. The van der Waals surface area contributed by atoms with Crippen molar-refractivity contribution in [2.45, 2.75) is 45.7 Å². The summed E-state index contributed by atoms with van der Waals surface area (Å²) in [5, 5.41) is 8.66. The highest BCUT2D eigenvalue weighted by molar-refractivity contribution is 5.80. The second-order valence-electron chi connectivity index (χ2n) is 4.66. The lowest BCUT2D eigenvalue weighted by molar-refractivity contribution is -0.141. The van der Waals surface area contributed by atoms with Crippen molar-refractivity contribution in [1.29, 1.82) is 0 Å². The van der Waals surface area contributed by atoms with E-state index in [4.69, 9.17) is 5.11 Å². The molecule has 0 aromatic heterocycles. The molecule has 1 unspecified atom stereocenters. The number of carboxylic acids is 1. The monoisotopic (exact) mass is 263 g/mol. The molecule has 1 rings (SSSR count). The smallest absolute Gasteiger partial charge is 0.303 e. The van der Waals surface area contributed by atoms with Gasteiger partial charge in [-0.3, -0.25) is 9.59 Å². The van der Waals surface area contributed by atoms with E-state index in [-0.39, 0.29) is 24.8 Å². The van der Waals surface area contributed by atoms with Crippen molar-refractivity contribution < 1.29 is 14.7 Å². The lowest BCUT2D eigenvalue weighted by atomic mass is 10.1. The Labute approximate surface area is 114 Å². The molecule has 1 atom stereocenters. The number of rotatable bonds is 7. The lowest BCUT2D eigenvalue weighted by Gasteiger charge is -2.28. The van der Waals surface area contributed by atoms with Gasteiger partial charge in [-0.2, -0.15) is 0 Å². The quantitative estimate of drug-likeness (QED) is 0.822. The lowest BCUT2D eigenvalue weighted by Crippen LogP contribution is -2.37. The summed E-state index contributed by atoms with van der Waals surface area (Å²) in [7, 11) is 0. The van der Waals surface area contributed by atoms with Crippen LogP contribution in [0.4, 0.5) is 0 Å². The van der Waals surface area contributed by atoms with Crippen LogP contribution in [-0.4, -0.2) is 27.9 Å². The molecule has 104 valence electrons. The molecular weight excluding hydrogens is 242 g/mol. The number of carbonyl (C=O) groups is 2. The Balaban J connectivity index is 2.71. The molecular formula is C15H21NO3. The van der Waals surface area contributed by atoms with Crippen LogP contribution < -0.4 is 0 Å². The van der Waals surface area contributed by atoms with Crippen LogP contribution in [0.5, 0.6) is 0 Å². The van der Waals surface area contributed by atoms with Crippen LogP contribution in [0, 0.1) is 0 Å². The number of benzene rings is 1. The first-order valence-corrected chi connectivity index (χ1v) is 6.59. The summed E-state index contributed by atoms with van der Waals surface area (Å²) >= 11 is 0. The average Bonchev–Trinajstić information content (AvgIpc) is 2.42. The molecule has 1 amide bonds. The van der Waals surface area contributed by atoms with Gasteiger partial charge in [-0.15, -0.1) is 0 Å². The predicted molar refractivity (Wildman–Crippen MR) is 73.6 cm³/mol. The van der Waals surface area contributed by atoms with Crippen LogP contribution in [0.2, 0.25) is 0 Å². The topological polar surface area (TPSA) is 57.6 Å². The van der Waals surface area contributed by atoms with Gasteiger partial charge in [-0.05, 0) is 18.9 Å². The van der Waals surface area contributed by atoms with Gasteiger partial charge in [-0.1, -0.05) is 37.3 Å². The number of hydrogen-bond donors (Lipinski definition) is 1. The maximum absolute atomic E-state index is 12.1. The minimum atomic E-state index is -0.933. The third-order valence-corrected chi connectivity index (χ3v) is 3.19. The Kier molecular flexibility index (Phi) is 6.06. The molecule has 1 N–H and O–H groups in total. The standard InChI is InChI=1S/C15H21NO3/c1-3-12(2)16(14(17)9-10-15(18)19)11-13-7-5-4-6-8-13/h4-8,12H,3,9-11H2,1-2H3,(H,18,19). The van der Waals surface area contributed by atoms with Gasteiger partial charge in [-0.25, -0.2) is 0 Å². The molecule has 1 aromatic carbocycles. The fraction of sp³-hybridized carbons (Fsp3) is 0.467. The molecule has 0 saturated carbocycles. The summed E-state index contributed by atoms with van der Waals surface area (Å²) in [6.45, 7) is 4.54. The van der Waals surface area contributed by atoms with E-state index >= 15 is 0 Å². The minimum Gasteiger partial charge on any atom is -0.481 e. The number of hydrogen-bond acceptors (Lipinski definition) is 2. The number of carbonyl (C=O) groups excluding carboxylic acids is 1. The number of amides is 1. The van der Waals surface area contributed by atoms with E-state index < -0.39 is 5.97 Å². The second-order valence-corrected chi connectivity index (χ2v) is 4.66. The SMILES string of the molecule is CCC(C)N(Cc1ccccc1)C(=O)CCC(=O)O. The van der Waals surface area contributed by atoms with Crippen molar-refractivity contribution >= 4 is 11.9 Å². The number of aliphatic carboxylic acids is 1. The molecule has 0 aliphatic heterocycles. The van der Waals surface area contributed by atoms with E-state index in [0.717, 1.165) is 12.0 Å². The molecule has 1 aromatic rings. The first-order valence-electron chi connectivity index (χ1n) is 6.59. The van der Waals surface area contributed by atoms with Gasteiger partial charge in [0.1, 0.15) is 0 Å². The summed E-state index contributed by atoms with van der Waals surface area (Å²) in [4.78, 5) is 24.4. The maximum Gasteiger partial charge on any atom is 0.303 e. The van der Waals surface area contributed by atoms with Gasteiger partial charge in [0.05, 0.1) is 6.42 Å². The molecule has 4 heteroatoms. The van der Waals surface area contributed by atoms with Crippen LogP contribution >= 0.6 is 0 Å². The third kappa shape index (κ3) is 5.12. The van der Waals surface area contributed by atoms with Crippen molar-refractivity contribution in [2.24, 2.45) is 0 Å². The Hall–Kier alpha value is -1.84. The summed E-state index contributed by atoms with van der Waals surface area (Å²) in [5.74, 6) is -1.03. The Morgan fingerprint density at radius 3 is 2.37 bits per heavy atom. The Bertz CT molecular complexity index is 417. The van der Waals surface area contributed by atoms with Gasteiger partial charge >= 0.3 is 5.97 Å². The van der Waals surface area contributed by atoms with Crippen molar-refractivity contribution in [3.8, 4) is 0 Å². The molecule has 0 fully saturated rings. The predicted octanol–water partition coefficient (Wildman–Crippen LogP) is 2.68. The second kappa shape index (κ2) is 7.56. The fourth-order valence-electron chi connectivity index (χ4n) is 1.85. The zero-order valence-corrected chi connectivity index (χ0v) is 11.5. The van der Waals surface area contributed by atoms with Crippen molar-refractivity contribution in [1.82, 2.24) is 4.90 Å². The van der Waals surface area contributed by atoms with E-state index in [9.17, 15) is 9.59 Å². The third-order valence-electron chi connectivity index (χ3n) is 3.19. The van der Waals surface area contributed by atoms with E-state index in [1.165, 1.54) is 0 Å². The van der Waals surface area contributed by atoms with E-state index in [0.29, 0.717) is 6.54 Å². The van der Waals surface area contributed by atoms with E-state index in [1.807, 2.05) is 44.2 Å². The van der Waals surface area contributed by atoms with Crippen LogP contribution in [0.3, 0.4) is 0 Å². The maximum atomic E-state index is 12.1. The molecule has 19 heavy (non-hydrogen) atoms. The molecule has 0 spiro atoms. The van der Waals surface area contributed by atoms with Gasteiger partial charge in [0.15, 0.2) is 0 Å². The van der Waals surface area contributed by atoms with Crippen LogP contribution in [0.15, 0.2) is 30.3 Å². The molecule has 0 saturated heterocycles. The van der Waals surface area contributed by atoms with Gasteiger partial charge in [0, 0.05) is 19.0 Å². The Morgan fingerprint density at radius 2 is 1.84 bits per heavy atom. The largest absolute Gasteiger partial charge is 0.481 e. The highest BCUT2D eigenvalue weighted by atomic mass is 16.4. The first-order chi connectivity index (χ1) is 9.04. The minimum absolute atomic E-state index is 0.0620. The van der Waals surface area contributed by atoms with Crippen molar-refractivity contribution in [3.63, 3.8) is 0 Å². The first kappa shape index (κ1) is 15.2. The zero-order chi connectivity index (χ0) is 14.3. The van der Waals surface area contributed by atoms with Crippen molar-refractivity contribution in [3.05, 3.63) is 35.9 Å². The van der Waals surface area contributed by atoms with E-state index in [2.05, 4.69) is 0 Å². The van der Waals surface area contributed by atoms with Gasteiger partial charge < -0.3 is 10.0 Å². The molecule has 0 heterocycles. The summed E-state index contributed by atoms with van der Waals surface area (Å²) < 4.78 is 0. The zero-order valence-electron chi connectivity index (χ0n) is 11.5. The van der Waals surface area contributed by atoms with Crippen molar-refractivity contribution in [2.75, 3.05) is 0 Å². The fourth-order valence-corrected chi connectivity index (χ4v) is 1.85. The summed E-state index contributed by atoms with van der Waals surface area (Å²) in [6, 6.07) is 9.86. The average molecular weight is 263 g/mol. The normalized spacial score (nSPS) is 11.9. The summed E-state index contributed by atoms with van der Waals surface area (Å²) in [6.07, 6.45) is 0.804. The van der Waals surface area contributed by atoms with Gasteiger partial charge in [0.2, 0.25) is 5.91 Å². The highest BCUT2D eigenvalue weighted by Gasteiger charge is 2.19. The highest BCUT2D eigenvalue weighted by Crippen LogP contribution is 2.13. The van der Waals surface area contributed by atoms with Crippen LogP contribution in [0.1, 0.15) is 38.7 Å². The summed E-state index contributed by atoms with van der Waals surface area (Å²) in [5.41, 5.74) is 1.06. The molecule has 4 nitrogen and oxygen atoms in total. The van der Waals surface area contributed by atoms with Crippen LogP contribution in [0.25, 0.3) is 0 Å². The van der Waals surface area contributed by atoms with Crippen LogP contribution in [-0.2, 0) is 16.1 Å². The van der Waals surface area contributed by atoms with Gasteiger partial charge in [0.25, 0.3) is 0 Å². The number of carboxylic acid groups (broad SMARTS) is 1.